The third kappa shape index (κ3) is 3.42. The summed E-state index contributed by atoms with van der Waals surface area (Å²) in [7, 11) is 1.95. The molecule has 1 aliphatic heterocycles. The number of halogens is 1. The van der Waals surface area contributed by atoms with Gasteiger partial charge >= 0.3 is 0 Å². The maximum absolute atomic E-state index is 14.5. The van der Waals surface area contributed by atoms with E-state index in [4.69, 9.17) is 20.7 Å². The molecule has 2 bridgehead atoms. The monoisotopic (exact) mass is 484 g/mol. The Morgan fingerprint density at radius 1 is 1.14 bits per heavy atom. The molecule has 2 aliphatic carbocycles. The first-order valence-corrected chi connectivity index (χ1v) is 12.8. The summed E-state index contributed by atoms with van der Waals surface area (Å²) in [6.45, 7) is 2.83. The van der Waals surface area contributed by atoms with Crippen molar-refractivity contribution < 1.29 is 9.13 Å². The molecule has 0 saturated heterocycles. The van der Waals surface area contributed by atoms with Gasteiger partial charge in [-0.2, -0.15) is 10.2 Å². The number of hydrogen-bond donors (Lipinski definition) is 1. The number of anilines is 1. The molecule has 36 heavy (non-hydrogen) atoms. The Bertz CT molecular complexity index is 1500. The Hall–Kier alpha value is -3.68. The second kappa shape index (κ2) is 7.91. The summed E-state index contributed by atoms with van der Waals surface area (Å²) >= 11 is 0. The Morgan fingerprint density at radius 2 is 2.00 bits per heavy atom. The number of pyridine rings is 1. The molecule has 4 heterocycles. The highest BCUT2D eigenvalue weighted by Gasteiger charge is 2.35. The lowest BCUT2D eigenvalue weighted by Crippen LogP contribution is -2.14. The van der Waals surface area contributed by atoms with Crippen molar-refractivity contribution in [1.82, 2.24) is 24.5 Å². The van der Waals surface area contributed by atoms with Gasteiger partial charge < -0.3 is 10.5 Å². The normalized spacial score (nSPS) is 20.4. The van der Waals surface area contributed by atoms with Crippen molar-refractivity contribution in [3.63, 3.8) is 0 Å². The van der Waals surface area contributed by atoms with Gasteiger partial charge in [0.15, 0.2) is 11.6 Å². The quantitative estimate of drug-likeness (QED) is 0.412. The molecule has 2 atom stereocenters. The van der Waals surface area contributed by atoms with E-state index in [0.717, 1.165) is 65.1 Å². The van der Waals surface area contributed by atoms with Gasteiger partial charge in [-0.05, 0) is 69.2 Å². The van der Waals surface area contributed by atoms with Gasteiger partial charge in [-0.1, -0.05) is 0 Å². The van der Waals surface area contributed by atoms with Gasteiger partial charge in [0.05, 0.1) is 17.1 Å². The number of rotatable bonds is 2. The van der Waals surface area contributed by atoms with E-state index in [1.807, 2.05) is 37.0 Å². The van der Waals surface area contributed by atoms with Crippen LogP contribution >= 0.6 is 0 Å². The molecular formula is C28H29FN6O. The minimum atomic E-state index is -0.456. The zero-order valence-corrected chi connectivity index (χ0v) is 20.5. The predicted molar refractivity (Wildman–Crippen MR) is 135 cm³/mol. The molecule has 7 rings (SSSR count). The number of hydrogen-bond acceptors (Lipinski definition) is 5. The summed E-state index contributed by atoms with van der Waals surface area (Å²) in [4.78, 5) is 4.52. The maximum atomic E-state index is 14.5. The van der Waals surface area contributed by atoms with Crippen molar-refractivity contribution >= 4 is 5.82 Å². The fourth-order valence-corrected chi connectivity index (χ4v) is 5.98. The second-order valence-electron chi connectivity index (χ2n) is 10.5. The summed E-state index contributed by atoms with van der Waals surface area (Å²) in [6, 6.07) is 6.85. The molecule has 3 aromatic heterocycles. The molecule has 0 unspecified atom stereocenters. The van der Waals surface area contributed by atoms with Crippen LogP contribution in [0.5, 0.6) is 5.75 Å². The van der Waals surface area contributed by atoms with E-state index in [9.17, 15) is 4.39 Å². The van der Waals surface area contributed by atoms with E-state index in [0.29, 0.717) is 17.5 Å². The Kier molecular flexibility index (Phi) is 4.75. The molecule has 1 saturated carbocycles. The minimum absolute atomic E-state index is 0.134. The summed E-state index contributed by atoms with van der Waals surface area (Å²) in [6.07, 6.45) is 9.02. The molecular weight excluding hydrogens is 455 g/mol. The Morgan fingerprint density at radius 3 is 2.83 bits per heavy atom. The van der Waals surface area contributed by atoms with Gasteiger partial charge in [-0.3, -0.25) is 9.36 Å². The summed E-state index contributed by atoms with van der Waals surface area (Å²) in [5.41, 5.74) is 14.4. The molecule has 1 aromatic carbocycles. The van der Waals surface area contributed by atoms with Crippen LogP contribution in [0, 0.1) is 11.7 Å². The Labute approximate surface area is 209 Å². The molecule has 8 heteroatoms. The number of aromatic nitrogens is 5. The molecule has 0 radical (unpaired) electrons. The number of ether oxygens (including phenoxy) is 1. The van der Waals surface area contributed by atoms with Crippen LogP contribution in [0.2, 0.25) is 0 Å². The van der Waals surface area contributed by atoms with Crippen molar-refractivity contribution in [2.24, 2.45) is 13.0 Å². The average molecular weight is 485 g/mol. The first-order chi connectivity index (χ1) is 17.5. The molecule has 0 spiro atoms. The third-order valence-electron chi connectivity index (χ3n) is 7.85. The number of aryl methyl sites for hydroxylation is 2. The second-order valence-corrected chi connectivity index (χ2v) is 10.5. The lowest BCUT2D eigenvalue weighted by molar-refractivity contribution is 0.227. The summed E-state index contributed by atoms with van der Waals surface area (Å²) < 4.78 is 24.9. The largest absolute Gasteiger partial charge is 0.482 e. The first-order valence-electron chi connectivity index (χ1n) is 12.8. The predicted octanol–water partition coefficient (Wildman–Crippen LogP) is 5.40. The number of benzene rings is 1. The van der Waals surface area contributed by atoms with Gasteiger partial charge in [0, 0.05) is 59.7 Å². The molecule has 3 aliphatic rings. The number of nitrogens with zero attached hydrogens (tertiary/aromatic N) is 5. The highest BCUT2D eigenvalue weighted by molar-refractivity contribution is 5.74. The number of fused-ring (bicyclic) bond motifs is 7. The molecule has 4 aromatic rings. The van der Waals surface area contributed by atoms with E-state index >= 15 is 0 Å². The average Bonchev–Trinajstić information content (AvgIpc) is 3.47. The van der Waals surface area contributed by atoms with Crippen molar-refractivity contribution in [1.29, 1.82) is 0 Å². The van der Waals surface area contributed by atoms with Crippen molar-refractivity contribution in [3.05, 3.63) is 64.9 Å². The first kappa shape index (κ1) is 21.6. The smallest absolute Gasteiger partial charge is 0.166 e. The molecule has 7 nitrogen and oxygen atoms in total. The van der Waals surface area contributed by atoms with Crippen LogP contribution in [0.15, 0.2) is 36.7 Å². The summed E-state index contributed by atoms with van der Waals surface area (Å²) in [5, 5.41) is 10.0. The van der Waals surface area contributed by atoms with Crippen LogP contribution in [-0.2, 0) is 20.0 Å². The van der Waals surface area contributed by atoms with Crippen molar-refractivity contribution in [3.8, 4) is 28.3 Å². The lowest BCUT2D eigenvalue weighted by atomic mass is 9.79. The van der Waals surface area contributed by atoms with Crippen molar-refractivity contribution in [2.75, 3.05) is 5.73 Å². The standard InChI is InChI=1S/C28H29FN6O/c1-15-21-11-18(29)8-9-20(21)26-22(14-34(2)33-26)19-4-3-5-23-25(19)27(35(32-23)13-16-6-7-16)17-10-24(36-15)28(30)31-12-17/h8-12,14-16,19H,3-7,13H2,1-2H3,(H2,30,31)/t15-,19-/m1/s1. The van der Waals surface area contributed by atoms with Gasteiger partial charge in [0.2, 0.25) is 0 Å². The maximum Gasteiger partial charge on any atom is 0.166 e. The lowest BCUT2D eigenvalue weighted by Gasteiger charge is -2.26. The van der Waals surface area contributed by atoms with Crippen LogP contribution in [0.4, 0.5) is 10.2 Å². The van der Waals surface area contributed by atoms with E-state index in [-0.39, 0.29) is 11.7 Å². The van der Waals surface area contributed by atoms with E-state index in [2.05, 4.69) is 15.9 Å². The zero-order valence-electron chi connectivity index (χ0n) is 20.5. The topological polar surface area (TPSA) is 83.8 Å². The van der Waals surface area contributed by atoms with E-state index in [1.54, 1.807) is 6.07 Å². The third-order valence-corrected chi connectivity index (χ3v) is 7.85. The van der Waals surface area contributed by atoms with Gasteiger partial charge in [-0.15, -0.1) is 0 Å². The van der Waals surface area contributed by atoms with Gasteiger partial charge in [0.1, 0.15) is 11.9 Å². The molecule has 184 valence electrons. The number of nitrogens with two attached hydrogens (primary N) is 1. The molecule has 1 fully saturated rings. The Balaban J connectivity index is 1.55. The van der Waals surface area contributed by atoms with Crippen molar-refractivity contribution in [2.45, 2.75) is 57.6 Å². The van der Waals surface area contributed by atoms with Gasteiger partial charge in [-0.25, -0.2) is 9.37 Å². The highest BCUT2D eigenvalue weighted by Crippen LogP contribution is 2.47. The van der Waals surface area contributed by atoms with Crippen LogP contribution in [0.25, 0.3) is 22.5 Å². The highest BCUT2D eigenvalue weighted by atomic mass is 19.1. The molecule has 2 N–H and O–H groups in total. The van der Waals surface area contributed by atoms with Crippen LogP contribution in [-0.4, -0.2) is 24.5 Å². The fraction of sp³-hybridized carbons (Fsp3) is 0.393. The summed E-state index contributed by atoms with van der Waals surface area (Å²) in [5.74, 6) is 1.32. The van der Waals surface area contributed by atoms with Gasteiger partial charge in [0.25, 0.3) is 0 Å². The molecule has 0 amide bonds. The van der Waals surface area contributed by atoms with E-state index in [1.165, 1.54) is 24.5 Å². The fourth-order valence-electron chi connectivity index (χ4n) is 5.98. The number of nitrogen functional groups attached to an aromatic ring is 1. The van der Waals surface area contributed by atoms with Crippen LogP contribution < -0.4 is 10.5 Å². The van der Waals surface area contributed by atoms with E-state index < -0.39 is 6.10 Å². The van der Waals surface area contributed by atoms with Crippen LogP contribution in [0.3, 0.4) is 0 Å². The zero-order chi connectivity index (χ0) is 24.6. The SMILES string of the molecule is C[C@H]1Oc2cc(cnc2N)-c2c3c(nn2CC2CC2)CCC[C@@H]3c2cn(C)nc2-c2ccc(F)cc21. The van der Waals surface area contributed by atoms with Crippen LogP contribution in [0.1, 0.15) is 67.0 Å². The minimum Gasteiger partial charge on any atom is -0.482 e.